The fourth-order valence-corrected chi connectivity index (χ4v) is 0.349. The molecule has 0 heterocycles. The van der Waals surface area contributed by atoms with E-state index in [-0.39, 0.29) is 0 Å². The van der Waals surface area contributed by atoms with Crippen LogP contribution in [0.3, 0.4) is 0 Å². The number of azo groups is 1. The minimum atomic E-state index is -0.717. The summed E-state index contributed by atoms with van der Waals surface area (Å²) >= 11 is 0. The predicted octanol–water partition coefficient (Wildman–Crippen LogP) is 1.32. The van der Waals surface area contributed by atoms with Crippen molar-refractivity contribution in [3.8, 4) is 0 Å². The molecule has 0 aliphatic heterocycles. The number of hydrogen-bond acceptors (Lipinski definition) is 2. The van der Waals surface area contributed by atoms with Crippen LogP contribution in [0, 0.1) is 0 Å². The second-order valence-electron chi connectivity index (χ2n) is 1.66. The molecule has 0 saturated heterocycles. The van der Waals surface area contributed by atoms with Gasteiger partial charge >= 0.3 is 6.03 Å². The first-order valence-corrected chi connectivity index (χ1v) is 2.94. The number of unbranched alkanes of at least 4 members (excludes halogenated alkanes) is 1. The van der Waals surface area contributed by atoms with Gasteiger partial charge in [0.1, 0.15) is 0 Å². The first kappa shape index (κ1) is 8.07. The maximum Gasteiger partial charge on any atom is 0.356 e. The third-order valence-electron chi connectivity index (χ3n) is 0.781. The molecular weight excluding hydrogens is 118 g/mol. The topological polar surface area (TPSA) is 67.8 Å². The summed E-state index contributed by atoms with van der Waals surface area (Å²) in [5.41, 5.74) is 4.68. The van der Waals surface area contributed by atoms with Crippen LogP contribution >= 0.6 is 0 Å². The van der Waals surface area contributed by atoms with Crippen molar-refractivity contribution in [2.24, 2.45) is 16.0 Å². The number of primary amides is 1. The van der Waals surface area contributed by atoms with Crippen molar-refractivity contribution in [2.75, 3.05) is 6.54 Å². The van der Waals surface area contributed by atoms with Crippen LogP contribution in [-0.4, -0.2) is 12.6 Å². The Labute approximate surface area is 54.1 Å². The van der Waals surface area contributed by atoms with Gasteiger partial charge in [0.25, 0.3) is 0 Å². The fraction of sp³-hybridized carbons (Fsp3) is 0.800. The minimum absolute atomic E-state index is 0.597. The van der Waals surface area contributed by atoms with E-state index >= 15 is 0 Å². The molecule has 9 heavy (non-hydrogen) atoms. The largest absolute Gasteiger partial charge is 0.356 e. The molecule has 0 radical (unpaired) electrons. The zero-order chi connectivity index (χ0) is 7.11. The Morgan fingerprint density at radius 2 is 2.33 bits per heavy atom. The van der Waals surface area contributed by atoms with Crippen LogP contribution in [0.2, 0.25) is 0 Å². The smallest absolute Gasteiger partial charge is 0.348 e. The summed E-state index contributed by atoms with van der Waals surface area (Å²) in [5, 5.41) is 6.64. The monoisotopic (exact) mass is 129 g/mol. The summed E-state index contributed by atoms with van der Waals surface area (Å²) in [6.45, 7) is 2.64. The average molecular weight is 129 g/mol. The number of carbonyl (C=O) groups excluding carboxylic acids is 1. The maximum atomic E-state index is 9.92. The van der Waals surface area contributed by atoms with Gasteiger partial charge < -0.3 is 5.73 Å². The zero-order valence-corrected chi connectivity index (χ0v) is 5.50. The summed E-state index contributed by atoms with van der Waals surface area (Å²) in [7, 11) is 0. The molecule has 4 nitrogen and oxygen atoms in total. The van der Waals surface area contributed by atoms with Crippen molar-refractivity contribution in [2.45, 2.75) is 19.8 Å². The SMILES string of the molecule is CCCCN=NC(N)=O. The Morgan fingerprint density at radius 1 is 1.67 bits per heavy atom. The third kappa shape index (κ3) is 7.07. The molecule has 4 heteroatoms. The fourth-order valence-electron chi connectivity index (χ4n) is 0.349. The van der Waals surface area contributed by atoms with E-state index < -0.39 is 6.03 Å². The Bertz CT molecular complexity index is 111. The van der Waals surface area contributed by atoms with Crippen molar-refractivity contribution < 1.29 is 4.79 Å². The molecule has 0 spiro atoms. The van der Waals surface area contributed by atoms with E-state index in [1.165, 1.54) is 0 Å². The highest BCUT2D eigenvalue weighted by molar-refractivity contribution is 5.71. The number of carbonyl (C=O) groups is 1. The van der Waals surface area contributed by atoms with Crippen LogP contribution in [0.1, 0.15) is 19.8 Å². The normalized spacial score (nSPS) is 10.3. The standard InChI is InChI=1S/C5H11N3O/c1-2-3-4-7-8-5(6)9/h2-4H2,1H3,(H2,6,9). The van der Waals surface area contributed by atoms with Gasteiger partial charge in [-0.3, -0.25) is 0 Å². The van der Waals surface area contributed by atoms with Crippen LogP contribution in [-0.2, 0) is 0 Å². The Hall–Kier alpha value is -0.930. The van der Waals surface area contributed by atoms with Gasteiger partial charge in [0.2, 0.25) is 0 Å². The van der Waals surface area contributed by atoms with Crippen molar-refractivity contribution in [1.82, 2.24) is 0 Å². The number of nitrogens with two attached hydrogens (primary N) is 1. The van der Waals surface area contributed by atoms with Crippen molar-refractivity contribution >= 4 is 6.03 Å². The number of rotatable bonds is 3. The molecule has 2 amide bonds. The van der Waals surface area contributed by atoms with Crippen LogP contribution in [0.5, 0.6) is 0 Å². The van der Waals surface area contributed by atoms with Gasteiger partial charge in [-0.1, -0.05) is 18.5 Å². The van der Waals surface area contributed by atoms with Gasteiger partial charge in [-0.2, -0.15) is 5.11 Å². The van der Waals surface area contributed by atoms with Crippen LogP contribution in [0.4, 0.5) is 4.79 Å². The lowest BCUT2D eigenvalue weighted by Crippen LogP contribution is -2.02. The van der Waals surface area contributed by atoms with Gasteiger partial charge in [0, 0.05) is 0 Å². The molecule has 0 aromatic carbocycles. The number of nitrogens with zero attached hydrogens (tertiary/aromatic N) is 2. The molecule has 0 bridgehead atoms. The predicted molar refractivity (Wildman–Crippen MR) is 34.2 cm³/mol. The van der Waals surface area contributed by atoms with Gasteiger partial charge in [-0.25, -0.2) is 4.79 Å². The van der Waals surface area contributed by atoms with Crippen molar-refractivity contribution in [3.05, 3.63) is 0 Å². The molecule has 0 unspecified atom stereocenters. The first-order valence-electron chi connectivity index (χ1n) is 2.94. The number of hydrogen-bond donors (Lipinski definition) is 1. The lowest BCUT2D eigenvalue weighted by atomic mass is 10.3. The summed E-state index contributed by atoms with van der Waals surface area (Å²) < 4.78 is 0. The summed E-state index contributed by atoms with van der Waals surface area (Å²) in [4.78, 5) is 9.92. The minimum Gasteiger partial charge on any atom is -0.348 e. The Morgan fingerprint density at radius 3 is 2.78 bits per heavy atom. The molecule has 0 aliphatic carbocycles. The van der Waals surface area contributed by atoms with Crippen molar-refractivity contribution in [3.63, 3.8) is 0 Å². The van der Waals surface area contributed by atoms with Gasteiger partial charge in [-0.05, 0) is 6.42 Å². The van der Waals surface area contributed by atoms with Gasteiger partial charge in [-0.15, -0.1) is 0 Å². The van der Waals surface area contributed by atoms with E-state index in [9.17, 15) is 4.79 Å². The van der Waals surface area contributed by atoms with E-state index in [1.54, 1.807) is 0 Å². The van der Waals surface area contributed by atoms with E-state index in [0.29, 0.717) is 6.54 Å². The molecule has 2 N–H and O–H groups in total. The lowest BCUT2D eigenvalue weighted by Gasteiger charge is -1.84. The van der Waals surface area contributed by atoms with E-state index in [1.807, 2.05) is 6.92 Å². The molecule has 0 aromatic heterocycles. The zero-order valence-electron chi connectivity index (χ0n) is 5.50. The van der Waals surface area contributed by atoms with Gasteiger partial charge in [0.15, 0.2) is 0 Å². The molecule has 0 fully saturated rings. The van der Waals surface area contributed by atoms with Gasteiger partial charge in [0.05, 0.1) is 6.54 Å². The molecular formula is C5H11N3O. The summed E-state index contributed by atoms with van der Waals surface area (Å²) in [6.07, 6.45) is 2.01. The summed E-state index contributed by atoms with van der Waals surface area (Å²) in [5.74, 6) is 0. The van der Waals surface area contributed by atoms with E-state index in [0.717, 1.165) is 12.8 Å². The molecule has 52 valence electrons. The first-order chi connectivity index (χ1) is 4.27. The molecule has 0 aromatic rings. The molecule has 0 rings (SSSR count). The molecule has 0 aliphatic rings. The quantitative estimate of drug-likeness (QED) is 0.453. The second-order valence-corrected chi connectivity index (χ2v) is 1.66. The van der Waals surface area contributed by atoms with Crippen LogP contribution in [0.25, 0.3) is 0 Å². The Kier molecular flexibility index (Phi) is 4.67. The van der Waals surface area contributed by atoms with Crippen LogP contribution in [0.15, 0.2) is 10.2 Å². The van der Waals surface area contributed by atoms with Crippen molar-refractivity contribution in [1.29, 1.82) is 0 Å². The van der Waals surface area contributed by atoms with E-state index in [4.69, 9.17) is 0 Å². The number of amides is 2. The third-order valence-corrected chi connectivity index (χ3v) is 0.781. The summed E-state index contributed by atoms with van der Waals surface area (Å²) in [6, 6.07) is -0.717. The van der Waals surface area contributed by atoms with E-state index in [2.05, 4.69) is 16.0 Å². The average Bonchev–Trinajstić information content (AvgIpc) is 1.80. The maximum absolute atomic E-state index is 9.92. The molecule has 0 saturated carbocycles. The van der Waals surface area contributed by atoms with Crippen LogP contribution < -0.4 is 5.73 Å². The highest BCUT2D eigenvalue weighted by atomic mass is 16.2. The number of urea groups is 1. The molecule has 0 atom stereocenters. The second kappa shape index (κ2) is 5.21. The highest BCUT2D eigenvalue weighted by Crippen LogP contribution is 1.86. The highest BCUT2D eigenvalue weighted by Gasteiger charge is 1.82. The Balaban J connectivity index is 3.15. The lowest BCUT2D eigenvalue weighted by molar-refractivity contribution is 0.255.